The molecule has 0 aromatic heterocycles. The third-order valence-electron chi connectivity index (χ3n) is 13.8. The summed E-state index contributed by atoms with van der Waals surface area (Å²) in [4.78, 5) is 32.5. The lowest BCUT2D eigenvalue weighted by molar-refractivity contribution is -0.142. The van der Waals surface area contributed by atoms with Crippen molar-refractivity contribution >= 4 is 33.1 Å². The van der Waals surface area contributed by atoms with Crippen molar-refractivity contribution in [3.05, 3.63) is 96.1 Å². The Bertz CT molecular complexity index is 2170. The van der Waals surface area contributed by atoms with E-state index < -0.39 is 21.3 Å². The van der Waals surface area contributed by atoms with E-state index in [2.05, 4.69) is 22.4 Å². The highest BCUT2D eigenvalue weighted by Gasteiger charge is 2.54. The number of likely N-dealkylation sites (tertiary alicyclic amines) is 2. The fourth-order valence-corrected chi connectivity index (χ4v) is 12.5. The van der Waals surface area contributed by atoms with E-state index >= 15 is 13.2 Å². The van der Waals surface area contributed by atoms with Gasteiger partial charge in [0.2, 0.25) is 15.7 Å². The average molecular weight is 819 g/mol. The van der Waals surface area contributed by atoms with Crippen molar-refractivity contribution in [2.24, 2.45) is 17.8 Å². The molecule has 0 unspecified atom stereocenters. The minimum Gasteiger partial charge on any atom is -0.469 e. The van der Waals surface area contributed by atoms with E-state index in [1.807, 2.05) is 0 Å². The van der Waals surface area contributed by atoms with Crippen LogP contribution in [-0.2, 0) is 36.0 Å². The Balaban J connectivity index is 0.949. The second-order valence-electron chi connectivity index (χ2n) is 17.1. The van der Waals surface area contributed by atoms with Crippen LogP contribution >= 0.6 is 0 Å². The molecule has 4 aliphatic heterocycles. The molecule has 5 aliphatic rings. The Morgan fingerprint density at radius 1 is 0.914 bits per heavy atom. The molecule has 8 rings (SSSR count). The van der Waals surface area contributed by atoms with Gasteiger partial charge in [0, 0.05) is 37.2 Å². The fourth-order valence-electron chi connectivity index (χ4n) is 11.0. The number of alkyl halides is 1. The molecule has 1 saturated carbocycles. The number of carbonyl (C=O) groups excluding carboxylic acids is 2. The number of carbonyl (C=O) groups is 2. The molecular formula is C45H53F3N4O5S. The highest BCUT2D eigenvalue weighted by Crippen LogP contribution is 2.54. The molecule has 0 bridgehead atoms. The lowest BCUT2D eigenvalue weighted by atomic mass is 9.56. The Kier molecular flexibility index (Phi) is 11.3. The van der Waals surface area contributed by atoms with Gasteiger partial charge in [0.25, 0.3) is 0 Å². The third-order valence-corrected chi connectivity index (χ3v) is 15.7. The smallest absolute Gasteiger partial charge is 0.305 e. The largest absolute Gasteiger partial charge is 0.469 e. The molecule has 310 valence electrons. The Hall–Kier alpha value is -4.20. The number of hydrogen-bond donors (Lipinski definition) is 0. The van der Waals surface area contributed by atoms with Crippen LogP contribution in [0.25, 0.3) is 0 Å². The SMILES string of the molecule is C=CC(=O)N1CCc2c1cccc2S(=O)(=O)c1ccc(N2CC(F)(CN3CCC([C@@](CN4CCC4)(c4cccc(F)c4)[C@H]4CCC[C@@H]4CC(=O)OC)CC3)C2)c(F)c1. The molecule has 3 aromatic carbocycles. The number of benzene rings is 3. The zero-order valence-electron chi connectivity index (χ0n) is 33.2. The summed E-state index contributed by atoms with van der Waals surface area (Å²) in [5.74, 6) is -1.01. The van der Waals surface area contributed by atoms with E-state index in [1.54, 1.807) is 29.2 Å². The summed E-state index contributed by atoms with van der Waals surface area (Å²) >= 11 is 0. The van der Waals surface area contributed by atoms with Crippen LogP contribution < -0.4 is 9.80 Å². The van der Waals surface area contributed by atoms with Gasteiger partial charge in [0.15, 0.2) is 5.67 Å². The van der Waals surface area contributed by atoms with Crippen molar-refractivity contribution in [1.82, 2.24) is 9.80 Å². The van der Waals surface area contributed by atoms with Gasteiger partial charge in [-0.1, -0.05) is 31.2 Å². The first kappa shape index (κ1) is 40.6. The van der Waals surface area contributed by atoms with Gasteiger partial charge in [-0.15, -0.1) is 0 Å². The molecule has 3 atom stereocenters. The topological polar surface area (TPSA) is 90.5 Å². The normalized spacial score (nSPS) is 23.4. The summed E-state index contributed by atoms with van der Waals surface area (Å²) in [5, 5.41) is 0. The van der Waals surface area contributed by atoms with Crippen LogP contribution in [0.5, 0.6) is 0 Å². The number of piperidine rings is 1. The lowest BCUT2D eigenvalue weighted by Crippen LogP contribution is -2.65. The van der Waals surface area contributed by atoms with Crippen molar-refractivity contribution < 1.29 is 35.9 Å². The number of methoxy groups -OCH3 is 1. The molecule has 4 fully saturated rings. The minimum absolute atomic E-state index is 0.0191. The van der Waals surface area contributed by atoms with E-state index in [0.29, 0.717) is 43.7 Å². The van der Waals surface area contributed by atoms with Crippen LogP contribution in [0.15, 0.2) is 83.1 Å². The van der Waals surface area contributed by atoms with Crippen LogP contribution in [0.2, 0.25) is 0 Å². The number of fused-ring (bicyclic) bond motifs is 1. The summed E-state index contributed by atoms with van der Waals surface area (Å²) < 4.78 is 79.8. The molecule has 0 spiro atoms. The number of rotatable bonds is 13. The predicted octanol–water partition coefficient (Wildman–Crippen LogP) is 6.74. The summed E-state index contributed by atoms with van der Waals surface area (Å²) in [6.45, 7) is 8.16. The first-order valence-corrected chi connectivity index (χ1v) is 22.2. The Labute approximate surface area is 339 Å². The molecule has 13 heteroatoms. The summed E-state index contributed by atoms with van der Waals surface area (Å²) in [6, 6.07) is 15.6. The maximum absolute atomic E-state index is 16.4. The maximum atomic E-state index is 16.4. The fraction of sp³-hybridized carbons (Fsp3) is 0.511. The Morgan fingerprint density at radius 3 is 2.34 bits per heavy atom. The number of sulfone groups is 1. The maximum Gasteiger partial charge on any atom is 0.305 e. The van der Waals surface area contributed by atoms with E-state index in [1.165, 1.54) is 42.4 Å². The van der Waals surface area contributed by atoms with Crippen LogP contribution in [-0.4, -0.2) is 102 Å². The molecule has 1 amide bonds. The zero-order chi connectivity index (χ0) is 40.8. The molecule has 9 nitrogen and oxygen atoms in total. The van der Waals surface area contributed by atoms with Gasteiger partial charge in [-0.2, -0.15) is 0 Å². The standard InChI is InChI=1S/C45H53F3N4O5S/c1-3-42(53)52-23-18-36-39(52)12-6-13-41(36)58(55,56)35-14-15-40(38(47)26-35)51-28-44(48,29-51)27-50-21-16-32(17-22-50)45(30-49-19-7-20-49,33-9-5-10-34(46)25-33)37-11-4-8-31(37)24-43(54)57-2/h3,5-6,9-10,12-15,25-26,31-32,37H,1,4,7-8,11,16-24,27-30H2,2H3/t31-,37+,45+/m1/s1. The number of amides is 1. The van der Waals surface area contributed by atoms with E-state index in [4.69, 9.17) is 4.74 Å². The lowest BCUT2D eigenvalue weighted by Gasteiger charge is -2.54. The Morgan fingerprint density at radius 2 is 1.67 bits per heavy atom. The van der Waals surface area contributed by atoms with Gasteiger partial charge in [0.05, 0.1) is 35.7 Å². The van der Waals surface area contributed by atoms with E-state index in [9.17, 15) is 18.0 Å². The van der Waals surface area contributed by atoms with E-state index in [0.717, 1.165) is 69.8 Å². The van der Waals surface area contributed by atoms with Gasteiger partial charge in [-0.3, -0.25) is 14.5 Å². The number of ether oxygens (including phenoxy) is 1. The van der Waals surface area contributed by atoms with Crippen molar-refractivity contribution in [1.29, 1.82) is 0 Å². The zero-order valence-corrected chi connectivity index (χ0v) is 34.0. The molecular weight excluding hydrogens is 766 g/mol. The van der Waals surface area contributed by atoms with Gasteiger partial charge >= 0.3 is 5.97 Å². The number of halogens is 3. The van der Waals surface area contributed by atoms with Crippen molar-refractivity contribution in [2.75, 3.05) is 75.8 Å². The summed E-state index contributed by atoms with van der Waals surface area (Å²) in [5.41, 5.74) is 0.216. The second kappa shape index (κ2) is 16.1. The van der Waals surface area contributed by atoms with Crippen molar-refractivity contribution in [3.8, 4) is 0 Å². The molecule has 0 N–H and O–H groups in total. The third kappa shape index (κ3) is 7.47. The van der Waals surface area contributed by atoms with Gasteiger partial charge in [0.1, 0.15) is 11.6 Å². The molecule has 1 aliphatic carbocycles. The molecule has 0 radical (unpaired) electrons. The quantitative estimate of drug-likeness (QED) is 0.139. The molecule has 3 aromatic rings. The van der Waals surface area contributed by atoms with Gasteiger partial charge in [-0.25, -0.2) is 21.6 Å². The number of hydrogen-bond acceptors (Lipinski definition) is 8. The van der Waals surface area contributed by atoms with Crippen LogP contribution in [0.3, 0.4) is 0 Å². The number of esters is 1. The molecule has 58 heavy (non-hydrogen) atoms. The molecule has 3 saturated heterocycles. The van der Waals surface area contributed by atoms with Crippen molar-refractivity contribution in [2.45, 2.75) is 72.2 Å². The first-order chi connectivity index (χ1) is 27.8. The van der Waals surface area contributed by atoms with Crippen LogP contribution in [0, 0.1) is 29.4 Å². The molecule has 4 heterocycles. The number of nitrogens with zero attached hydrogens (tertiary/aromatic N) is 4. The monoisotopic (exact) mass is 818 g/mol. The van der Waals surface area contributed by atoms with Gasteiger partial charge < -0.3 is 19.4 Å². The van der Waals surface area contributed by atoms with E-state index in [-0.39, 0.29) is 76.0 Å². The van der Waals surface area contributed by atoms with Crippen molar-refractivity contribution in [3.63, 3.8) is 0 Å². The van der Waals surface area contributed by atoms with Crippen LogP contribution in [0.1, 0.15) is 56.1 Å². The van der Waals surface area contributed by atoms with Crippen LogP contribution in [0.4, 0.5) is 24.5 Å². The summed E-state index contributed by atoms with van der Waals surface area (Å²) in [6.07, 6.45) is 7.54. The average Bonchev–Trinajstić information content (AvgIpc) is 3.84. The first-order valence-electron chi connectivity index (χ1n) is 20.7. The highest BCUT2D eigenvalue weighted by atomic mass is 32.2. The number of anilines is 2. The predicted molar refractivity (Wildman–Crippen MR) is 216 cm³/mol. The highest BCUT2D eigenvalue weighted by molar-refractivity contribution is 7.91. The van der Waals surface area contributed by atoms with Gasteiger partial charge in [-0.05, 0) is 142 Å². The summed E-state index contributed by atoms with van der Waals surface area (Å²) in [7, 11) is -2.68. The second-order valence-corrected chi connectivity index (χ2v) is 19.0. The minimum atomic E-state index is -4.12.